The molecular weight excluding hydrogens is 311 g/mol. The van der Waals surface area contributed by atoms with Crippen LogP contribution in [0, 0.1) is 5.82 Å². The van der Waals surface area contributed by atoms with Gasteiger partial charge in [-0.15, -0.1) is 0 Å². The predicted molar refractivity (Wildman–Crippen MR) is 87.9 cm³/mol. The van der Waals surface area contributed by atoms with Crippen LogP contribution in [0.1, 0.15) is 10.4 Å². The second kappa shape index (κ2) is 6.78. The molecule has 0 saturated heterocycles. The van der Waals surface area contributed by atoms with Gasteiger partial charge in [-0.1, -0.05) is 12.1 Å². The summed E-state index contributed by atoms with van der Waals surface area (Å²) in [6.07, 6.45) is 1.41. The van der Waals surface area contributed by atoms with E-state index < -0.39 is 0 Å². The summed E-state index contributed by atoms with van der Waals surface area (Å²) in [7, 11) is 0. The van der Waals surface area contributed by atoms with Crippen LogP contribution in [-0.2, 0) is 0 Å². The summed E-state index contributed by atoms with van der Waals surface area (Å²) >= 11 is 0. The Balaban J connectivity index is 1.82. The number of para-hydroxylation sites is 1. The van der Waals surface area contributed by atoms with Crippen LogP contribution in [0.15, 0.2) is 71.7 Å². The number of hydrogen-bond acceptors (Lipinski definition) is 3. The fourth-order valence-corrected chi connectivity index (χ4v) is 2.06. The molecule has 2 aromatic carbocycles. The highest BCUT2D eigenvalue weighted by Gasteiger charge is 2.13. The number of carbonyl (C=O) groups excluding carboxylic acids is 1. The van der Waals surface area contributed by atoms with Crippen LogP contribution < -0.4 is 15.6 Å². The maximum Gasteiger partial charge on any atom is 0.259 e. The molecule has 0 aliphatic rings. The molecule has 2 N–H and O–H groups in total. The van der Waals surface area contributed by atoms with Gasteiger partial charge in [0.05, 0.1) is 11.3 Å². The van der Waals surface area contributed by atoms with E-state index >= 15 is 0 Å². The first-order valence-corrected chi connectivity index (χ1v) is 7.14. The molecule has 120 valence electrons. The third-order valence-corrected chi connectivity index (χ3v) is 3.22. The molecule has 6 heteroatoms. The first-order chi connectivity index (χ1) is 11.6. The molecule has 24 heavy (non-hydrogen) atoms. The quantitative estimate of drug-likeness (QED) is 0.771. The second-order valence-electron chi connectivity index (χ2n) is 4.95. The summed E-state index contributed by atoms with van der Waals surface area (Å²) in [6.45, 7) is 0. The minimum absolute atomic E-state index is 0.256. The lowest BCUT2D eigenvalue weighted by Crippen LogP contribution is -2.14. The Hall–Kier alpha value is -3.41. The maximum atomic E-state index is 13.0. The van der Waals surface area contributed by atoms with Crippen LogP contribution in [0.25, 0.3) is 0 Å². The van der Waals surface area contributed by atoms with Gasteiger partial charge in [-0.2, -0.15) is 0 Å². The van der Waals surface area contributed by atoms with E-state index in [0.29, 0.717) is 22.7 Å². The van der Waals surface area contributed by atoms with E-state index in [2.05, 4.69) is 10.3 Å². The van der Waals surface area contributed by atoms with E-state index in [1.165, 1.54) is 42.6 Å². The largest absolute Gasteiger partial charge is 0.457 e. The van der Waals surface area contributed by atoms with Crippen LogP contribution in [0.5, 0.6) is 11.5 Å². The first-order valence-electron chi connectivity index (χ1n) is 7.14. The number of pyridine rings is 1. The highest BCUT2D eigenvalue weighted by molar-refractivity contribution is 6.06. The minimum Gasteiger partial charge on any atom is -0.457 e. The number of aromatic amines is 1. The number of halogens is 1. The number of carbonyl (C=O) groups is 1. The van der Waals surface area contributed by atoms with E-state index in [-0.39, 0.29) is 17.3 Å². The van der Waals surface area contributed by atoms with Gasteiger partial charge in [0.1, 0.15) is 17.3 Å². The summed E-state index contributed by atoms with van der Waals surface area (Å²) in [5.41, 5.74) is 0.511. The molecule has 0 aliphatic carbocycles. The van der Waals surface area contributed by atoms with Crippen molar-refractivity contribution in [1.82, 2.24) is 4.98 Å². The number of anilines is 1. The normalized spacial score (nSPS) is 10.2. The van der Waals surface area contributed by atoms with Crippen LogP contribution in [0.4, 0.5) is 10.1 Å². The summed E-state index contributed by atoms with van der Waals surface area (Å²) in [5.74, 6) is -0.00191. The van der Waals surface area contributed by atoms with Crippen molar-refractivity contribution in [3.05, 3.63) is 88.6 Å². The summed E-state index contributed by atoms with van der Waals surface area (Å²) in [6, 6.07) is 15.0. The average Bonchev–Trinajstić information content (AvgIpc) is 2.59. The fraction of sp³-hybridized carbons (Fsp3) is 0. The highest BCUT2D eigenvalue weighted by Crippen LogP contribution is 2.26. The number of rotatable bonds is 4. The van der Waals surface area contributed by atoms with Crippen molar-refractivity contribution in [3.63, 3.8) is 0 Å². The Morgan fingerprint density at radius 2 is 1.75 bits per heavy atom. The first kappa shape index (κ1) is 15.5. The van der Waals surface area contributed by atoms with E-state index in [4.69, 9.17) is 4.74 Å². The zero-order chi connectivity index (χ0) is 16.9. The van der Waals surface area contributed by atoms with Crippen LogP contribution >= 0.6 is 0 Å². The minimum atomic E-state index is -0.389. The van der Waals surface area contributed by atoms with Crippen molar-refractivity contribution in [2.45, 2.75) is 0 Å². The van der Waals surface area contributed by atoms with Gasteiger partial charge in [0.15, 0.2) is 0 Å². The number of amides is 1. The summed E-state index contributed by atoms with van der Waals surface area (Å²) in [5, 5.41) is 2.67. The Labute approximate surface area is 136 Å². The van der Waals surface area contributed by atoms with Crippen LogP contribution in [-0.4, -0.2) is 10.9 Å². The Morgan fingerprint density at radius 1 is 1.00 bits per heavy atom. The lowest BCUT2D eigenvalue weighted by molar-refractivity contribution is 0.102. The molecule has 3 aromatic rings. The molecule has 0 saturated carbocycles. The molecule has 0 radical (unpaired) electrons. The predicted octanol–water partition coefficient (Wildman–Crippen LogP) is 3.56. The highest BCUT2D eigenvalue weighted by atomic mass is 19.1. The molecule has 1 aromatic heterocycles. The number of aromatic nitrogens is 1. The van der Waals surface area contributed by atoms with Gasteiger partial charge in [0.25, 0.3) is 5.91 Å². The lowest BCUT2D eigenvalue weighted by Gasteiger charge is -2.11. The average molecular weight is 324 g/mol. The van der Waals surface area contributed by atoms with E-state index in [9.17, 15) is 14.0 Å². The van der Waals surface area contributed by atoms with Gasteiger partial charge >= 0.3 is 0 Å². The van der Waals surface area contributed by atoms with Crippen LogP contribution in [0.2, 0.25) is 0 Å². The number of benzene rings is 2. The number of ether oxygens (including phenoxy) is 1. The summed E-state index contributed by atoms with van der Waals surface area (Å²) in [4.78, 5) is 25.9. The molecular formula is C18H13FN2O3. The van der Waals surface area contributed by atoms with Crippen molar-refractivity contribution in [2.24, 2.45) is 0 Å². The molecule has 1 heterocycles. The second-order valence-corrected chi connectivity index (χ2v) is 4.95. The van der Waals surface area contributed by atoms with Gasteiger partial charge in [0.2, 0.25) is 5.56 Å². The third kappa shape index (κ3) is 3.67. The zero-order valence-corrected chi connectivity index (χ0v) is 12.5. The maximum absolute atomic E-state index is 13.0. The van der Waals surface area contributed by atoms with Gasteiger partial charge in [-0.3, -0.25) is 9.59 Å². The molecule has 5 nitrogen and oxygen atoms in total. The Morgan fingerprint density at radius 3 is 2.46 bits per heavy atom. The summed E-state index contributed by atoms with van der Waals surface area (Å²) < 4.78 is 18.6. The monoisotopic (exact) mass is 324 g/mol. The molecule has 0 aliphatic heterocycles. The standard InChI is InChI=1S/C18H13FN2O3/c19-12-5-8-14(9-6-12)24-16-4-2-1-3-15(16)18(23)21-13-7-10-17(22)20-11-13/h1-11H,(H,20,22)(H,21,23). The van der Waals surface area contributed by atoms with Gasteiger partial charge in [0, 0.05) is 12.3 Å². The van der Waals surface area contributed by atoms with Gasteiger partial charge in [-0.05, 0) is 42.5 Å². The van der Waals surface area contributed by atoms with Crippen molar-refractivity contribution in [3.8, 4) is 11.5 Å². The zero-order valence-electron chi connectivity index (χ0n) is 12.5. The van der Waals surface area contributed by atoms with Crippen molar-refractivity contribution in [2.75, 3.05) is 5.32 Å². The third-order valence-electron chi connectivity index (χ3n) is 3.22. The van der Waals surface area contributed by atoms with Crippen molar-refractivity contribution >= 4 is 11.6 Å². The van der Waals surface area contributed by atoms with Crippen molar-refractivity contribution < 1.29 is 13.9 Å². The number of hydrogen-bond donors (Lipinski definition) is 2. The Kier molecular flexibility index (Phi) is 4.38. The van der Waals surface area contributed by atoms with E-state index in [0.717, 1.165) is 0 Å². The van der Waals surface area contributed by atoms with E-state index in [1.807, 2.05) is 0 Å². The molecule has 0 bridgehead atoms. The van der Waals surface area contributed by atoms with Gasteiger partial charge in [-0.25, -0.2) is 4.39 Å². The lowest BCUT2D eigenvalue weighted by atomic mass is 10.2. The van der Waals surface area contributed by atoms with E-state index in [1.54, 1.807) is 24.3 Å². The fourth-order valence-electron chi connectivity index (χ4n) is 2.06. The molecule has 1 amide bonds. The van der Waals surface area contributed by atoms with Gasteiger partial charge < -0.3 is 15.0 Å². The molecule has 0 atom stereocenters. The smallest absolute Gasteiger partial charge is 0.259 e. The SMILES string of the molecule is O=C(Nc1ccc(=O)[nH]c1)c1ccccc1Oc1ccc(F)cc1. The topological polar surface area (TPSA) is 71.2 Å². The number of nitrogens with one attached hydrogen (secondary N) is 2. The molecule has 0 spiro atoms. The molecule has 3 rings (SSSR count). The van der Waals surface area contributed by atoms with Crippen LogP contribution in [0.3, 0.4) is 0 Å². The molecule has 0 fully saturated rings. The number of H-pyrrole nitrogens is 1. The Bertz CT molecular complexity index is 900. The van der Waals surface area contributed by atoms with Crippen molar-refractivity contribution in [1.29, 1.82) is 0 Å². The molecule has 0 unspecified atom stereocenters.